The zero-order chi connectivity index (χ0) is 13.8. The normalized spacial score (nSPS) is 18.0. The predicted molar refractivity (Wildman–Crippen MR) is 77.5 cm³/mol. The van der Waals surface area contributed by atoms with Crippen molar-refractivity contribution in [1.29, 1.82) is 0 Å². The van der Waals surface area contributed by atoms with Crippen LogP contribution in [0.2, 0.25) is 0 Å². The summed E-state index contributed by atoms with van der Waals surface area (Å²) in [5.41, 5.74) is 0. The first-order valence-corrected chi connectivity index (χ1v) is 7.89. The molecule has 1 heterocycles. The number of ether oxygens (including phenoxy) is 2. The van der Waals surface area contributed by atoms with E-state index in [9.17, 15) is 0 Å². The zero-order valence-electron chi connectivity index (χ0n) is 12.5. The van der Waals surface area contributed by atoms with E-state index in [0.717, 1.165) is 32.5 Å². The molecule has 1 rings (SSSR count). The molecule has 0 aromatic carbocycles. The summed E-state index contributed by atoms with van der Waals surface area (Å²) >= 11 is 0. The molecule has 1 N–H and O–H groups in total. The van der Waals surface area contributed by atoms with Crippen LogP contribution >= 0.6 is 0 Å². The van der Waals surface area contributed by atoms with E-state index in [4.69, 9.17) is 14.6 Å². The minimum atomic E-state index is 0.317. The van der Waals surface area contributed by atoms with Gasteiger partial charge in [0.15, 0.2) is 0 Å². The van der Waals surface area contributed by atoms with Gasteiger partial charge in [-0.15, -0.1) is 0 Å². The molecule has 0 saturated carbocycles. The minimum absolute atomic E-state index is 0.317. The van der Waals surface area contributed by atoms with Gasteiger partial charge in [-0.25, -0.2) is 0 Å². The molecule has 1 aliphatic rings. The van der Waals surface area contributed by atoms with Crippen molar-refractivity contribution in [2.45, 2.75) is 51.5 Å². The highest BCUT2D eigenvalue weighted by Gasteiger charge is 2.21. The van der Waals surface area contributed by atoms with Crippen molar-refractivity contribution in [2.24, 2.45) is 0 Å². The fourth-order valence-corrected chi connectivity index (χ4v) is 2.69. The van der Waals surface area contributed by atoms with Gasteiger partial charge in [-0.2, -0.15) is 0 Å². The summed E-state index contributed by atoms with van der Waals surface area (Å²) in [5, 5.41) is 8.89. The highest BCUT2D eigenvalue weighted by Crippen LogP contribution is 2.18. The average molecular weight is 273 g/mol. The number of rotatable bonds is 12. The Hall–Kier alpha value is -0.160. The number of aliphatic hydroxyl groups excluding tert-OH is 1. The summed E-state index contributed by atoms with van der Waals surface area (Å²) in [4.78, 5) is 2.60. The van der Waals surface area contributed by atoms with Crippen molar-refractivity contribution < 1.29 is 14.6 Å². The lowest BCUT2D eigenvalue weighted by Crippen LogP contribution is -2.33. The Morgan fingerprint density at radius 1 is 1.00 bits per heavy atom. The van der Waals surface area contributed by atoms with Gasteiger partial charge in [-0.3, -0.25) is 0 Å². The number of unbranched alkanes of at least 4 members (excludes halogenated alkanes) is 1. The summed E-state index contributed by atoms with van der Waals surface area (Å²) in [7, 11) is 0. The fraction of sp³-hybridized carbons (Fsp3) is 1.00. The Morgan fingerprint density at radius 2 is 1.74 bits per heavy atom. The molecule has 1 atom stereocenters. The molecule has 1 aliphatic heterocycles. The highest BCUT2D eigenvalue weighted by molar-refractivity contribution is 4.76. The molecule has 0 aromatic heterocycles. The summed E-state index contributed by atoms with van der Waals surface area (Å²) in [6.45, 7) is 7.80. The van der Waals surface area contributed by atoms with E-state index < -0.39 is 0 Å². The molecule has 19 heavy (non-hydrogen) atoms. The maximum absolute atomic E-state index is 8.89. The van der Waals surface area contributed by atoms with Gasteiger partial charge in [0.25, 0.3) is 0 Å². The van der Waals surface area contributed by atoms with E-state index in [0.29, 0.717) is 25.9 Å². The number of hydrogen-bond acceptors (Lipinski definition) is 4. The molecule has 1 unspecified atom stereocenters. The van der Waals surface area contributed by atoms with Gasteiger partial charge in [0.1, 0.15) is 0 Å². The zero-order valence-corrected chi connectivity index (χ0v) is 12.5. The molecule has 0 radical (unpaired) electrons. The van der Waals surface area contributed by atoms with Crippen LogP contribution in [0.15, 0.2) is 0 Å². The molecule has 0 spiro atoms. The van der Waals surface area contributed by atoms with E-state index in [1.807, 2.05) is 6.92 Å². The van der Waals surface area contributed by atoms with Gasteiger partial charge in [-0.1, -0.05) is 0 Å². The highest BCUT2D eigenvalue weighted by atomic mass is 16.5. The first-order valence-electron chi connectivity index (χ1n) is 7.89. The Labute approximate surface area is 118 Å². The van der Waals surface area contributed by atoms with Crippen LogP contribution < -0.4 is 0 Å². The Morgan fingerprint density at radius 3 is 2.42 bits per heavy atom. The molecular formula is C15H31NO3. The number of hydrogen-bond donors (Lipinski definition) is 1. The third-order valence-electron chi connectivity index (χ3n) is 3.77. The van der Waals surface area contributed by atoms with Crippen molar-refractivity contribution in [3.63, 3.8) is 0 Å². The van der Waals surface area contributed by atoms with Crippen molar-refractivity contribution in [3.8, 4) is 0 Å². The summed E-state index contributed by atoms with van der Waals surface area (Å²) in [6, 6.07) is 0.640. The molecule has 0 bridgehead atoms. The van der Waals surface area contributed by atoms with Crippen molar-refractivity contribution in [1.82, 2.24) is 4.90 Å². The van der Waals surface area contributed by atoms with Gasteiger partial charge in [0.2, 0.25) is 0 Å². The first kappa shape index (κ1) is 16.9. The van der Waals surface area contributed by atoms with Gasteiger partial charge in [0.05, 0.1) is 13.2 Å². The maximum Gasteiger partial charge on any atom is 0.0700 e. The van der Waals surface area contributed by atoms with Crippen LogP contribution in [0.1, 0.15) is 45.4 Å². The summed E-state index contributed by atoms with van der Waals surface area (Å²) in [6.07, 6.45) is 7.02. The molecule has 4 nitrogen and oxygen atoms in total. The van der Waals surface area contributed by atoms with Crippen LogP contribution in [0.5, 0.6) is 0 Å². The third-order valence-corrected chi connectivity index (χ3v) is 3.77. The fourth-order valence-electron chi connectivity index (χ4n) is 2.69. The number of aliphatic hydroxyl groups is 1. The Balaban J connectivity index is 2.12. The molecule has 0 aromatic rings. The monoisotopic (exact) mass is 273 g/mol. The molecular weight excluding hydrogens is 242 g/mol. The molecule has 0 aliphatic carbocycles. The lowest BCUT2D eigenvalue weighted by Gasteiger charge is -2.27. The van der Waals surface area contributed by atoms with Crippen molar-refractivity contribution in [2.75, 3.05) is 46.1 Å². The molecule has 1 saturated heterocycles. The van der Waals surface area contributed by atoms with Crippen molar-refractivity contribution >= 4 is 0 Å². The van der Waals surface area contributed by atoms with Crippen LogP contribution in [0, 0.1) is 0 Å². The number of nitrogens with zero attached hydrogens (tertiary/aromatic N) is 1. The van der Waals surface area contributed by atoms with Crippen LogP contribution in [-0.2, 0) is 9.47 Å². The maximum atomic E-state index is 8.89. The van der Waals surface area contributed by atoms with Gasteiger partial charge >= 0.3 is 0 Å². The predicted octanol–water partition coefficient (Wildman–Crippen LogP) is 2.06. The lowest BCUT2D eigenvalue weighted by molar-refractivity contribution is 0.0424. The third kappa shape index (κ3) is 7.88. The SMILES string of the molecule is CCOCCOCCC(CCCCO)N1CCCC1. The van der Waals surface area contributed by atoms with Crippen LogP contribution in [0.3, 0.4) is 0 Å². The van der Waals surface area contributed by atoms with Crippen molar-refractivity contribution in [3.05, 3.63) is 0 Å². The Kier molecular flexibility index (Phi) is 10.4. The second kappa shape index (κ2) is 11.6. The minimum Gasteiger partial charge on any atom is -0.396 e. The van der Waals surface area contributed by atoms with E-state index in [1.165, 1.54) is 32.4 Å². The van der Waals surface area contributed by atoms with Crippen LogP contribution in [0.4, 0.5) is 0 Å². The molecule has 1 fully saturated rings. The van der Waals surface area contributed by atoms with Gasteiger partial charge in [-0.05, 0) is 58.5 Å². The van der Waals surface area contributed by atoms with E-state index in [-0.39, 0.29) is 0 Å². The summed E-state index contributed by atoms with van der Waals surface area (Å²) in [5.74, 6) is 0. The van der Waals surface area contributed by atoms with E-state index in [1.54, 1.807) is 0 Å². The largest absolute Gasteiger partial charge is 0.396 e. The number of likely N-dealkylation sites (tertiary alicyclic amines) is 1. The second-order valence-corrected chi connectivity index (χ2v) is 5.21. The molecule has 4 heteroatoms. The van der Waals surface area contributed by atoms with Gasteiger partial charge in [0, 0.05) is 25.9 Å². The second-order valence-electron chi connectivity index (χ2n) is 5.21. The first-order chi connectivity index (χ1) is 9.38. The summed E-state index contributed by atoms with van der Waals surface area (Å²) < 4.78 is 10.9. The van der Waals surface area contributed by atoms with E-state index >= 15 is 0 Å². The van der Waals surface area contributed by atoms with Gasteiger partial charge < -0.3 is 19.5 Å². The average Bonchev–Trinajstić information content (AvgIpc) is 2.94. The lowest BCUT2D eigenvalue weighted by atomic mass is 10.1. The van der Waals surface area contributed by atoms with Crippen LogP contribution in [-0.4, -0.2) is 62.2 Å². The standard InChI is InChI=1S/C15H31NO3/c1-2-18-13-14-19-12-8-15(7-3-6-11-17)16-9-4-5-10-16/h15,17H,2-14H2,1H3. The Bertz CT molecular complexity index is 196. The van der Waals surface area contributed by atoms with Crippen LogP contribution in [0.25, 0.3) is 0 Å². The smallest absolute Gasteiger partial charge is 0.0700 e. The van der Waals surface area contributed by atoms with E-state index in [2.05, 4.69) is 4.90 Å². The molecule has 0 amide bonds. The topological polar surface area (TPSA) is 41.9 Å². The molecule has 114 valence electrons. The quantitative estimate of drug-likeness (QED) is 0.553.